The molecule has 0 aromatic carbocycles. The molecular weight excluding hydrogens is 206 g/mol. The molecule has 0 unspecified atom stereocenters. The average molecular weight is 206 g/mol. The van der Waals surface area contributed by atoms with Crippen LogP contribution in [0.3, 0.4) is 0 Å². The van der Waals surface area contributed by atoms with Gasteiger partial charge in [0.15, 0.2) is 0 Å². The molecule has 0 spiro atoms. The molecule has 0 aromatic heterocycles. The number of hydrogen-bond acceptors (Lipinski definition) is 1. The molecule has 0 saturated heterocycles. The van der Waals surface area contributed by atoms with Crippen LogP contribution in [0.15, 0.2) is 0 Å². The van der Waals surface area contributed by atoms with E-state index in [1.807, 2.05) is 0 Å². The van der Waals surface area contributed by atoms with Crippen molar-refractivity contribution in [2.75, 3.05) is 0 Å². The number of rotatable bonds is 0. The minimum Gasteiger partial charge on any atom is 0 e. The molecule has 4 heavy (non-hydrogen) atoms. The van der Waals surface area contributed by atoms with E-state index in [9.17, 15) is 0 Å². The molecule has 4 heteroatoms. The second-order valence-electron chi connectivity index (χ2n) is 0. The van der Waals surface area contributed by atoms with Gasteiger partial charge in [-0.2, -0.15) is 0 Å². The van der Waals surface area contributed by atoms with Gasteiger partial charge in [0.1, 0.15) is 0 Å². The van der Waals surface area contributed by atoms with Crippen molar-refractivity contribution >= 4 is 0 Å². The first-order valence-electron chi connectivity index (χ1n) is 0.183. The van der Waals surface area contributed by atoms with Gasteiger partial charge in [0, 0.05) is 47.9 Å². The summed E-state index contributed by atoms with van der Waals surface area (Å²) < 4.78 is 8.19. The molecule has 19 valence electrons. The standard InChI is InChI=1S/O.Ti.V.Zr. The van der Waals surface area contributed by atoms with E-state index in [1.165, 1.54) is 0 Å². The predicted molar refractivity (Wildman–Crippen MR) is 0.686 cm³/mol. The zero-order chi connectivity index (χ0) is 2.00. The fourth-order valence-electron chi connectivity index (χ4n) is 0. The molecule has 0 radical (unpaired) electrons. The van der Waals surface area contributed by atoms with Crippen molar-refractivity contribution in [2.24, 2.45) is 0 Å². The van der Waals surface area contributed by atoms with Gasteiger partial charge in [-0.1, -0.05) is 0 Å². The summed E-state index contributed by atoms with van der Waals surface area (Å²) in [5.74, 6) is 0. The molecule has 0 aliphatic heterocycles. The van der Waals surface area contributed by atoms with Crippen LogP contribution in [0.5, 0.6) is 0 Å². The first-order valence-corrected chi connectivity index (χ1v) is 0.753. The smallest absolute Gasteiger partial charge is 0 e. The summed E-state index contributed by atoms with van der Waals surface area (Å²) >= 11 is 1.06. The Morgan fingerprint density at radius 1 is 1.25 bits per heavy atom. The molecule has 0 atom stereocenters. The topological polar surface area (TPSA) is 17.1 Å². The van der Waals surface area contributed by atoms with Crippen LogP contribution in [0, 0.1) is 0 Å². The summed E-state index contributed by atoms with van der Waals surface area (Å²) in [4.78, 5) is 0. The van der Waals surface area contributed by atoms with Crippen LogP contribution >= 0.6 is 0 Å². The van der Waals surface area contributed by atoms with E-state index in [1.54, 1.807) is 0 Å². The second-order valence-corrected chi connectivity index (χ2v) is 0. The summed E-state index contributed by atoms with van der Waals surface area (Å²) in [6, 6.07) is 0. The Balaban J connectivity index is -0.00000000500. The third kappa shape index (κ3) is 9.01. The molecule has 0 bridgehead atoms. The molecule has 0 aliphatic carbocycles. The molecule has 1 nitrogen and oxygen atoms in total. The van der Waals surface area contributed by atoms with Crippen LogP contribution in [0.4, 0.5) is 0 Å². The Labute approximate surface area is 68.1 Å². The molecule has 0 fully saturated rings. The maximum atomic E-state index is 8.19. The van der Waals surface area contributed by atoms with Crippen molar-refractivity contribution in [2.45, 2.75) is 0 Å². The molecule has 0 aliphatic rings. The quantitative estimate of drug-likeness (QED) is 0.505. The van der Waals surface area contributed by atoms with E-state index in [-0.39, 0.29) is 47.9 Å². The Morgan fingerprint density at radius 3 is 1.25 bits per heavy atom. The first-order chi connectivity index (χ1) is 1.00. The maximum Gasteiger partial charge on any atom is 0 e. The zero-order valence-corrected chi connectivity index (χ0v) is 7.27. The van der Waals surface area contributed by atoms with Gasteiger partial charge in [0.25, 0.3) is 0 Å². The minimum absolute atomic E-state index is 0. The fourth-order valence-corrected chi connectivity index (χ4v) is 0. The van der Waals surface area contributed by atoms with E-state index < -0.39 is 0 Å². The average Bonchev–Trinajstić information content (AvgIpc) is 1.00. The molecular formula is OTiVZr. The van der Waals surface area contributed by atoms with Crippen molar-refractivity contribution < 1.29 is 69.0 Å². The van der Waals surface area contributed by atoms with Gasteiger partial charge in [-0.25, -0.2) is 0 Å². The third-order valence-corrected chi connectivity index (χ3v) is 0. The third-order valence-electron chi connectivity index (χ3n) is 0. The molecule has 0 aromatic rings. The first kappa shape index (κ1) is 16.7. The van der Waals surface area contributed by atoms with Crippen molar-refractivity contribution in [3.05, 3.63) is 0 Å². The number of hydrogen-bond donors (Lipinski definition) is 0. The molecule has 0 rings (SSSR count). The minimum atomic E-state index is 0. The molecule has 0 saturated carbocycles. The van der Waals surface area contributed by atoms with Gasteiger partial charge >= 0.3 is 21.0 Å². The van der Waals surface area contributed by atoms with Crippen LogP contribution in [-0.2, 0) is 69.0 Å². The van der Waals surface area contributed by atoms with Crippen molar-refractivity contribution in [1.29, 1.82) is 0 Å². The van der Waals surface area contributed by atoms with Crippen molar-refractivity contribution in [1.82, 2.24) is 0 Å². The predicted octanol–water partition coefficient (Wildman–Crippen LogP) is -0.126. The van der Waals surface area contributed by atoms with E-state index >= 15 is 0 Å². The van der Waals surface area contributed by atoms with Gasteiger partial charge in [-0.3, -0.25) is 0 Å². The SMILES string of the molecule is [O]=[V].[Ti].[Zr]. The van der Waals surface area contributed by atoms with Crippen LogP contribution < -0.4 is 0 Å². The molecule has 0 amide bonds. The largest absolute Gasteiger partial charge is 0 e. The molecule has 0 N–H and O–H groups in total. The zero-order valence-electron chi connectivity index (χ0n) is 1.86. The van der Waals surface area contributed by atoms with Gasteiger partial charge in [0.2, 0.25) is 0 Å². The van der Waals surface area contributed by atoms with Crippen molar-refractivity contribution in [3.63, 3.8) is 0 Å². The summed E-state index contributed by atoms with van der Waals surface area (Å²) in [7, 11) is 0. The monoisotopic (exact) mass is 205 g/mol. The van der Waals surface area contributed by atoms with E-state index in [2.05, 4.69) is 0 Å². The molecule has 0 heterocycles. The summed E-state index contributed by atoms with van der Waals surface area (Å²) in [5, 5.41) is 0. The van der Waals surface area contributed by atoms with Crippen LogP contribution in [0.25, 0.3) is 0 Å². The van der Waals surface area contributed by atoms with Gasteiger partial charge < -0.3 is 0 Å². The van der Waals surface area contributed by atoms with Gasteiger partial charge in [0.05, 0.1) is 0 Å². The Bertz CT molecular complexity index is 8.00. The normalized spacial score (nSPS) is 0.750. The summed E-state index contributed by atoms with van der Waals surface area (Å²) in [6.45, 7) is 0. The summed E-state index contributed by atoms with van der Waals surface area (Å²) in [5.41, 5.74) is 0. The Morgan fingerprint density at radius 2 is 1.25 bits per heavy atom. The van der Waals surface area contributed by atoms with Crippen molar-refractivity contribution in [3.8, 4) is 0 Å². The summed E-state index contributed by atoms with van der Waals surface area (Å²) in [6.07, 6.45) is 0. The van der Waals surface area contributed by atoms with Crippen LogP contribution in [-0.4, -0.2) is 0 Å². The van der Waals surface area contributed by atoms with E-state index in [0.29, 0.717) is 0 Å². The van der Waals surface area contributed by atoms with E-state index in [0.717, 1.165) is 17.4 Å². The van der Waals surface area contributed by atoms with Gasteiger partial charge in [-0.05, 0) is 0 Å². The van der Waals surface area contributed by atoms with Crippen LogP contribution in [0.1, 0.15) is 0 Å². The Hall–Kier alpha value is 1.98. The Kier molecular flexibility index (Phi) is 83.9. The van der Waals surface area contributed by atoms with E-state index in [4.69, 9.17) is 3.67 Å². The van der Waals surface area contributed by atoms with Crippen LogP contribution in [0.2, 0.25) is 0 Å². The fraction of sp³-hybridized carbons (Fsp3) is 0. The second kappa shape index (κ2) is 20.1. The maximum absolute atomic E-state index is 8.19. The van der Waals surface area contributed by atoms with Gasteiger partial charge in [-0.15, -0.1) is 0 Å².